The van der Waals surface area contributed by atoms with E-state index in [1.807, 2.05) is 12.4 Å². The summed E-state index contributed by atoms with van der Waals surface area (Å²) in [6, 6.07) is 44.7. The molecule has 2 aliphatic heterocycles. The lowest BCUT2D eigenvalue weighted by Gasteiger charge is -2.41. The van der Waals surface area contributed by atoms with Crippen LogP contribution in [-0.4, -0.2) is 26.1 Å². The van der Waals surface area contributed by atoms with Crippen molar-refractivity contribution in [1.82, 2.24) is 9.97 Å². The van der Waals surface area contributed by atoms with Crippen LogP contribution < -0.4 is 30.5 Å². The number of anilines is 6. The van der Waals surface area contributed by atoms with Gasteiger partial charge in [0.2, 0.25) is 0 Å². The molecule has 0 aliphatic carbocycles. The summed E-state index contributed by atoms with van der Waals surface area (Å²) in [5.74, 6) is 0. The minimum atomic E-state index is -1.89. The van der Waals surface area contributed by atoms with Gasteiger partial charge in [0.1, 0.15) is 16.1 Å². The first-order valence-electron chi connectivity index (χ1n) is 16.0. The van der Waals surface area contributed by atoms with Gasteiger partial charge in [-0.1, -0.05) is 99.0 Å². The first-order valence-corrected chi connectivity index (χ1v) is 22.0. The van der Waals surface area contributed by atoms with Crippen molar-refractivity contribution in [2.75, 3.05) is 9.80 Å². The maximum absolute atomic E-state index is 5.01. The molecule has 0 atom stereocenters. The number of hydrogen-bond donors (Lipinski definition) is 0. The molecule has 6 heteroatoms. The predicted octanol–water partition coefficient (Wildman–Crippen LogP) is 7.99. The Morgan fingerprint density at radius 1 is 0.370 bits per heavy atom. The molecule has 7 aromatic rings. The number of benzene rings is 5. The van der Waals surface area contributed by atoms with Gasteiger partial charge in [0, 0.05) is 45.9 Å². The van der Waals surface area contributed by atoms with Crippen molar-refractivity contribution >= 4 is 92.8 Å². The second kappa shape index (κ2) is 9.73. The Bertz CT molecular complexity index is 2100. The predicted molar refractivity (Wildman–Crippen MR) is 200 cm³/mol. The van der Waals surface area contributed by atoms with E-state index >= 15 is 0 Å². The highest BCUT2D eigenvalue weighted by Crippen LogP contribution is 2.45. The molecule has 9 rings (SSSR count). The molecule has 4 nitrogen and oxygen atoms in total. The van der Waals surface area contributed by atoms with E-state index in [1.54, 1.807) is 0 Å². The smallest absolute Gasteiger partial charge is 0.117 e. The summed E-state index contributed by atoms with van der Waals surface area (Å²) in [6.07, 6.45) is 3.90. The molecule has 2 aliphatic rings. The monoisotopic (exact) mass is 626 g/mol. The summed E-state index contributed by atoms with van der Waals surface area (Å²) >= 11 is 0. The van der Waals surface area contributed by atoms with Crippen LogP contribution in [0.4, 0.5) is 34.1 Å². The van der Waals surface area contributed by atoms with Crippen LogP contribution in [0.2, 0.25) is 26.2 Å². The van der Waals surface area contributed by atoms with Crippen molar-refractivity contribution in [3.8, 4) is 0 Å². The van der Waals surface area contributed by atoms with Gasteiger partial charge in [0.25, 0.3) is 0 Å². The Balaban J connectivity index is 1.29. The lowest BCUT2D eigenvalue weighted by atomic mass is 10.0. The Kier molecular flexibility index (Phi) is 5.77. The largest absolute Gasteiger partial charge is 0.310 e. The minimum absolute atomic E-state index is 0.919. The van der Waals surface area contributed by atoms with Gasteiger partial charge < -0.3 is 9.80 Å². The summed E-state index contributed by atoms with van der Waals surface area (Å²) in [7, 11) is -3.77. The van der Waals surface area contributed by atoms with E-state index in [0.29, 0.717) is 0 Å². The van der Waals surface area contributed by atoms with Crippen LogP contribution in [0, 0.1) is 0 Å². The van der Waals surface area contributed by atoms with Gasteiger partial charge in [-0.2, -0.15) is 0 Å². The third-order valence-electron chi connectivity index (χ3n) is 10.3. The second-order valence-corrected chi connectivity index (χ2v) is 22.2. The second-order valence-electron chi connectivity index (χ2n) is 13.5. The maximum atomic E-state index is 5.01. The van der Waals surface area contributed by atoms with E-state index in [0.717, 1.165) is 33.2 Å². The summed E-state index contributed by atoms with van der Waals surface area (Å²) in [5.41, 5.74) is 9.15. The summed E-state index contributed by atoms with van der Waals surface area (Å²) in [4.78, 5) is 14.9. The van der Waals surface area contributed by atoms with Crippen molar-refractivity contribution in [2.45, 2.75) is 26.2 Å². The topological polar surface area (TPSA) is 32.3 Å². The molecule has 0 spiro atoms. The van der Waals surface area contributed by atoms with Crippen LogP contribution in [-0.2, 0) is 0 Å². The summed E-state index contributed by atoms with van der Waals surface area (Å²) in [6.45, 7) is 9.86. The number of fused-ring (bicyclic) bond motifs is 7. The van der Waals surface area contributed by atoms with Crippen LogP contribution in [0.1, 0.15) is 0 Å². The molecule has 4 heterocycles. The van der Waals surface area contributed by atoms with Crippen LogP contribution >= 0.6 is 0 Å². The van der Waals surface area contributed by atoms with E-state index in [2.05, 4.69) is 157 Å². The molecule has 46 heavy (non-hydrogen) atoms. The fourth-order valence-corrected chi connectivity index (χ4v) is 14.0. The number of nitrogens with zero attached hydrogens (tertiary/aromatic N) is 4. The van der Waals surface area contributed by atoms with Gasteiger partial charge in [0.05, 0.1) is 22.4 Å². The standard InChI is InChI=1S/C40H34N4Si2/c1-45(2)35-17-9-5-13-31(35)43(32-14-6-10-18-36(32)45)29-23-25-41-39-27(29)21-22-28-30(24-26-42-40(28)39)44-33-15-7-11-19-37(33)46(3,4)38-20-12-8-16-34(38)44/h5-26H,1-4H3. The zero-order valence-electron chi connectivity index (χ0n) is 26.5. The van der Waals surface area contributed by atoms with Gasteiger partial charge in [-0.05, 0) is 69.3 Å². The number of aromatic nitrogens is 2. The Labute approximate surface area is 271 Å². The molecule has 0 N–H and O–H groups in total. The number of hydrogen-bond acceptors (Lipinski definition) is 4. The molecule has 0 amide bonds. The van der Waals surface area contributed by atoms with Gasteiger partial charge in [-0.3, -0.25) is 9.97 Å². The average molecular weight is 627 g/mol. The lowest BCUT2D eigenvalue weighted by molar-refractivity contribution is 1.27. The number of rotatable bonds is 2. The fraction of sp³-hybridized carbons (Fsp3) is 0.100. The maximum Gasteiger partial charge on any atom is 0.117 e. The summed E-state index contributed by atoms with van der Waals surface area (Å²) < 4.78 is 0. The molecular weight excluding hydrogens is 593 g/mol. The quantitative estimate of drug-likeness (QED) is 0.144. The highest BCUT2D eigenvalue weighted by atomic mass is 28.3. The molecular formula is C40H34N4Si2. The van der Waals surface area contributed by atoms with Crippen molar-refractivity contribution in [3.05, 3.63) is 134 Å². The van der Waals surface area contributed by atoms with Crippen molar-refractivity contribution in [1.29, 1.82) is 0 Å². The molecule has 222 valence electrons. The van der Waals surface area contributed by atoms with E-state index in [4.69, 9.17) is 9.97 Å². The SMILES string of the molecule is C[Si]1(C)c2ccccc2N(c2ccnc3c2ccc2c(N4c5ccccc5[Si](C)(C)c5ccccc54)ccnc23)c2ccccc21. The normalized spacial score (nSPS) is 15.7. The van der Waals surface area contributed by atoms with Gasteiger partial charge in [-0.25, -0.2) is 0 Å². The average Bonchev–Trinajstić information content (AvgIpc) is 3.09. The Morgan fingerprint density at radius 2 is 0.674 bits per heavy atom. The number of pyridine rings is 2. The third kappa shape index (κ3) is 3.65. The molecule has 0 unspecified atom stereocenters. The lowest BCUT2D eigenvalue weighted by Crippen LogP contribution is -2.58. The van der Waals surface area contributed by atoms with Crippen LogP contribution in [0.25, 0.3) is 21.8 Å². The van der Waals surface area contributed by atoms with Crippen LogP contribution in [0.5, 0.6) is 0 Å². The fourth-order valence-electron chi connectivity index (χ4n) is 8.05. The number of para-hydroxylation sites is 4. The van der Waals surface area contributed by atoms with Crippen molar-refractivity contribution in [2.24, 2.45) is 0 Å². The molecule has 0 fully saturated rings. The first-order chi connectivity index (χ1) is 22.4. The molecule has 0 saturated carbocycles. The molecule has 0 radical (unpaired) electrons. The highest BCUT2D eigenvalue weighted by Gasteiger charge is 2.40. The van der Waals surface area contributed by atoms with E-state index in [-0.39, 0.29) is 0 Å². The van der Waals surface area contributed by atoms with Gasteiger partial charge in [-0.15, -0.1) is 0 Å². The van der Waals surface area contributed by atoms with Crippen molar-refractivity contribution < 1.29 is 0 Å². The van der Waals surface area contributed by atoms with E-state index in [1.165, 1.54) is 43.5 Å². The molecule has 0 bridgehead atoms. The zero-order chi connectivity index (χ0) is 31.2. The minimum Gasteiger partial charge on any atom is -0.310 e. The zero-order valence-corrected chi connectivity index (χ0v) is 28.5. The van der Waals surface area contributed by atoms with Gasteiger partial charge in [0.15, 0.2) is 0 Å². The Hall–Kier alpha value is -5.05. The molecule has 2 aromatic heterocycles. The van der Waals surface area contributed by atoms with E-state index in [9.17, 15) is 0 Å². The summed E-state index contributed by atoms with van der Waals surface area (Å²) in [5, 5.41) is 8.00. The molecule has 5 aromatic carbocycles. The Morgan fingerprint density at radius 3 is 1.00 bits per heavy atom. The third-order valence-corrected chi connectivity index (χ3v) is 17.4. The van der Waals surface area contributed by atoms with Crippen LogP contribution in [0.15, 0.2) is 134 Å². The molecule has 0 saturated heterocycles. The van der Waals surface area contributed by atoms with Crippen molar-refractivity contribution in [3.63, 3.8) is 0 Å². The van der Waals surface area contributed by atoms with Gasteiger partial charge >= 0.3 is 0 Å². The van der Waals surface area contributed by atoms with E-state index < -0.39 is 16.1 Å². The first kappa shape index (κ1) is 27.3. The van der Waals surface area contributed by atoms with Crippen LogP contribution in [0.3, 0.4) is 0 Å². The highest BCUT2D eigenvalue weighted by molar-refractivity contribution is 7.03.